The second kappa shape index (κ2) is 2.61. The summed E-state index contributed by atoms with van der Waals surface area (Å²) in [4.78, 5) is 10.7. The molecule has 0 saturated heterocycles. The molecule has 60 valence electrons. The summed E-state index contributed by atoms with van der Waals surface area (Å²) in [5.41, 5.74) is 5.48. The fourth-order valence-corrected chi connectivity index (χ4v) is 0.914. The Morgan fingerprint density at radius 1 is 1.82 bits per heavy atom. The van der Waals surface area contributed by atoms with Crippen LogP contribution in [0.1, 0.15) is 10.4 Å². The zero-order chi connectivity index (χ0) is 8.43. The van der Waals surface area contributed by atoms with Crippen molar-refractivity contribution in [1.29, 1.82) is 0 Å². The molecule has 0 bridgehead atoms. The first kappa shape index (κ1) is 7.59. The first-order valence-corrected chi connectivity index (χ1v) is 3.16. The Morgan fingerprint density at radius 3 is 2.82 bits per heavy atom. The lowest BCUT2D eigenvalue weighted by Crippen LogP contribution is -2.13. The smallest absolute Gasteiger partial charge is 0.254 e. The van der Waals surface area contributed by atoms with E-state index in [9.17, 15) is 4.79 Å². The van der Waals surface area contributed by atoms with E-state index in [2.05, 4.69) is 10.4 Å². The number of carbonyl (C=O) groups is 1. The summed E-state index contributed by atoms with van der Waals surface area (Å²) in [5, 5.41) is 6.69. The summed E-state index contributed by atoms with van der Waals surface area (Å²) in [6.07, 6.45) is 1.44. The summed E-state index contributed by atoms with van der Waals surface area (Å²) in [6.45, 7) is 0. The summed E-state index contributed by atoms with van der Waals surface area (Å²) in [5.74, 6) is 0.167. The molecule has 1 heterocycles. The molecule has 3 N–H and O–H groups in total. The van der Waals surface area contributed by atoms with Crippen molar-refractivity contribution in [1.82, 2.24) is 9.78 Å². The molecule has 11 heavy (non-hydrogen) atoms. The minimum Gasteiger partial charge on any atom is -0.373 e. The van der Waals surface area contributed by atoms with Crippen LogP contribution in [-0.4, -0.2) is 22.7 Å². The number of aromatic nitrogens is 2. The minimum atomic E-state index is -0.470. The molecule has 0 aliphatic carbocycles. The van der Waals surface area contributed by atoms with E-state index in [1.807, 2.05) is 0 Å². The normalized spacial score (nSPS) is 9.64. The number of rotatable bonds is 2. The Bertz CT molecular complexity index is 278. The number of amides is 1. The van der Waals surface area contributed by atoms with Crippen LogP contribution in [0.25, 0.3) is 0 Å². The van der Waals surface area contributed by atoms with Crippen LogP contribution in [0.3, 0.4) is 0 Å². The van der Waals surface area contributed by atoms with Crippen molar-refractivity contribution in [3.05, 3.63) is 11.8 Å². The Hall–Kier alpha value is -1.52. The maximum atomic E-state index is 10.7. The highest BCUT2D eigenvalue weighted by atomic mass is 16.1. The summed E-state index contributed by atoms with van der Waals surface area (Å²) in [6, 6.07) is 0. The Morgan fingerprint density at radius 2 is 2.45 bits per heavy atom. The lowest BCUT2D eigenvalue weighted by atomic mass is 10.3. The molecule has 0 atom stereocenters. The molecule has 1 amide bonds. The van der Waals surface area contributed by atoms with Crippen molar-refractivity contribution in [2.24, 2.45) is 12.8 Å². The molecule has 0 radical (unpaired) electrons. The minimum absolute atomic E-state index is 0.412. The second-order valence-electron chi connectivity index (χ2n) is 2.14. The maximum Gasteiger partial charge on any atom is 0.254 e. The molecule has 5 nitrogen and oxygen atoms in total. The van der Waals surface area contributed by atoms with Crippen molar-refractivity contribution in [2.75, 3.05) is 12.4 Å². The number of hydrogen-bond acceptors (Lipinski definition) is 3. The molecule has 0 unspecified atom stereocenters. The van der Waals surface area contributed by atoms with Crippen molar-refractivity contribution < 1.29 is 4.79 Å². The number of anilines is 1. The highest BCUT2D eigenvalue weighted by Crippen LogP contribution is 2.11. The Kier molecular flexibility index (Phi) is 1.80. The zero-order valence-corrected chi connectivity index (χ0v) is 6.46. The van der Waals surface area contributed by atoms with Crippen molar-refractivity contribution in [3.8, 4) is 0 Å². The van der Waals surface area contributed by atoms with Crippen LogP contribution in [0.2, 0.25) is 0 Å². The summed E-state index contributed by atoms with van der Waals surface area (Å²) >= 11 is 0. The van der Waals surface area contributed by atoms with Crippen LogP contribution in [0.15, 0.2) is 6.20 Å². The van der Waals surface area contributed by atoms with E-state index in [0.29, 0.717) is 11.4 Å². The molecule has 1 aromatic heterocycles. The van der Waals surface area contributed by atoms with E-state index in [4.69, 9.17) is 5.73 Å². The van der Waals surface area contributed by atoms with Crippen LogP contribution in [0.4, 0.5) is 5.82 Å². The highest BCUT2D eigenvalue weighted by molar-refractivity contribution is 5.97. The fourth-order valence-electron chi connectivity index (χ4n) is 0.914. The number of aryl methyl sites for hydroxylation is 1. The Balaban J connectivity index is 3.15. The summed E-state index contributed by atoms with van der Waals surface area (Å²) < 4.78 is 1.56. The fraction of sp³-hybridized carbons (Fsp3) is 0.333. The van der Waals surface area contributed by atoms with Gasteiger partial charge in [-0.2, -0.15) is 5.10 Å². The van der Waals surface area contributed by atoms with Crippen LogP contribution in [0, 0.1) is 0 Å². The van der Waals surface area contributed by atoms with Crippen molar-refractivity contribution in [2.45, 2.75) is 0 Å². The van der Waals surface area contributed by atoms with Gasteiger partial charge in [0.15, 0.2) is 0 Å². The van der Waals surface area contributed by atoms with E-state index in [-0.39, 0.29) is 0 Å². The van der Waals surface area contributed by atoms with E-state index < -0.39 is 5.91 Å². The maximum absolute atomic E-state index is 10.7. The molecule has 0 aliphatic rings. The van der Waals surface area contributed by atoms with Gasteiger partial charge in [0.05, 0.1) is 6.20 Å². The van der Waals surface area contributed by atoms with Gasteiger partial charge in [0.1, 0.15) is 11.4 Å². The number of nitrogens with zero attached hydrogens (tertiary/aromatic N) is 2. The standard InChI is InChI=1S/C6H10N4O/c1-8-6-4(5(7)11)3-9-10(6)2/h3,8H,1-2H3,(H2,7,11). The first-order chi connectivity index (χ1) is 5.16. The Labute approximate surface area is 64.2 Å². The SMILES string of the molecule is CNc1c(C(N)=O)cnn1C. The molecular weight excluding hydrogens is 144 g/mol. The van der Waals surface area contributed by atoms with E-state index in [0.717, 1.165) is 0 Å². The van der Waals surface area contributed by atoms with Crippen LogP contribution in [-0.2, 0) is 7.05 Å². The zero-order valence-electron chi connectivity index (χ0n) is 6.46. The third-order valence-electron chi connectivity index (χ3n) is 1.44. The molecule has 1 rings (SSSR count). The van der Waals surface area contributed by atoms with Gasteiger partial charge < -0.3 is 11.1 Å². The van der Waals surface area contributed by atoms with Crippen molar-refractivity contribution >= 4 is 11.7 Å². The average Bonchev–Trinajstić information content (AvgIpc) is 2.30. The van der Waals surface area contributed by atoms with Crippen LogP contribution < -0.4 is 11.1 Å². The van der Waals surface area contributed by atoms with Gasteiger partial charge in [0.25, 0.3) is 5.91 Å². The molecule has 0 spiro atoms. The summed E-state index contributed by atoms with van der Waals surface area (Å²) in [7, 11) is 3.45. The monoisotopic (exact) mass is 154 g/mol. The molecule has 0 aliphatic heterocycles. The quantitative estimate of drug-likeness (QED) is 0.606. The number of nitrogens with two attached hydrogens (primary N) is 1. The average molecular weight is 154 g/mol. The van der Waals surface area contributed by atoms with Crippen LogP contribution >= 0.6 is 0 Å². The van der Waals surface area contributed by atoms with Gasteiger partial charge in [0.2, 0.25) is 0 Å². The van der Waals surface area contributed by atoms with Crippen LogP contribution in [0.5, 0.6) is 0 Å². The molecular formula is C6H10N4O. The topological polar surface area (TPSA) is 72.9 Å². The van der Waals surface area contributed by atoms with E-state index >= 15 is 0 Å². The van der Waals surface area contributed by atoms with Gasteiger partial charge in [-0.3, -0.25) is 9.48 Å². The van der Waals surface area contributed by atoms with Gasteiger partial charge in [0, 0.05) is 14.1 Å². The first-order valence-electron chi connectivity index (χ1n) is 3.16. The van der Waals surface area contributed by atoms with E-state index in [1.165, 1.54) is 6.20 Å². The lowest BCUT2D eigenvalue weighted by molar-refractivity contribution is 0.100. The third-order valence-corrected chi connectivity index (χ3v) is 1.44. The molecule has 1 aromatic rings. The second-order valence-corrected chi connectivity index (χ2v) is 2.14. The van der Waals surface area contributed by atoms with Gasteiger partial charge in [-0.05, 0) is 0 Å². The van der Waals surface area contributed by atoms with Gasteiger partial charge in [-0.15, -0.1) is 0 Å². The van der Waals surface area contributed by atoms with Gasteiger partial charge in [-0.25, -0.2) is 0 Å². The highest BCUT2D eigenvalue weighted by Gasteiger charge is 2.10. The van der Waals surface area contributed by atoms with Gasteiger partial charge in [-0.1, -0.05) is 0 Å². The molecule has 0 aromatic carbocycles. The number of carbonyl (C=O) groups excluding carboxylic acids is 1. The lowest BCUT2D eigenvalue weighted by Gasteiger charge is -2.00. The largest absolute Gasteiger partial charge is 0.373 e. The van der Waals surface area contributed by atoms with Crippen molar-refractivity contribution in [3.63, 3.8) is 0 Å². The number of hydrogen-bond donors (Lipinski definition) is 2. The van der Waals surface area contributed by atoms with E-state index in [1.54, 1.807) is 18.8 Å². The number of nitrogens with one attached hydrogen (secondary N) is 1. The molecule has 0 saturated carbocycles. The predicted octanol–water partition coefficient (Wildman–Crippen LogP) is -0.439. The number of primary amides is 1. The predicted molar refractivity (Wildman–Crippen MR) is 41.3 cm³/mol. The van der Waals surface area contributed by atoms with Gasteiger partial charge >= 0.3 is 0 Å². The third kappa shape index (κ3) is 1.17. The molecule has 5 heteroatoms. The molecule has 0 fully saturated rings.